The summed E-state index contributed by atoms with van der Waals surface area (Å²) in [6, 6.07) is 8.66. The molecule has 1 unspecified atom stereocenters. The van der Waals surface area contributed by atoms with Gasteiger partial charge in [0.05, 0.1) is 6.61 Å². The van der Waals surface area contributed by atoms with Crippen molar-refractivity contribution in [1.82, 2.24) is 5.32 Å². The van der Waals surface area contributed by atoms with Crippen LogP contribution in [0.1, 0.15) is 30.9 Å². The molecule has 0 radical (unpaired) electrons. The van der Waals surface area contributed by atoms with Crippen LogP contribution in [0.15, 0.2) is 24.3 Å². The lowest BCUT2D eigenvalue weighted by atomic mass is 9.94. The van der Waals surface area contributed by atoms with E-state index in [1.54, 1.807) is 0 Å². The van der Waals surface area contributed by atoms with Gasteiger partial charge in [0.1, 0.15) is 0 Å². The Hall–Kier alpha value is -0.860. The van der Waals surface area contributed by atoms with Crippen LogP contribution in [-0.4, -0.2) is 18.8 Å². The lowest BCUT2D eigenvalue weighted by Crippen LogP contribution is -2.48. The second-order valence-corrected chi connectivity index (χ2v) is 5.06. The highest BCUT2D eigenvalue weighted by molar-refractivity contribution is 5.22. The summed E-state index contributed by atoms with van der Waals surface area (Å²) in [6.07, 6.45) is 2.37. The molecule has 1 fully saturated rings. The van der Waals surface area contributed by atoms with Crippen LogP contribution in [0.25, 0.3) is 0 Å². The molecule has 1 heterocycles. The SMILES string of the molecule is Cc1cccc(CNC2(C)CCCOC2)c1. The Balaban J connectivity index is 1.91. The first kappa shape index (κ1) is 11.6. The van der Waals surface area contributed by atoms with Crippen LogP contribution in [0.4, 0.5) is 0 Å². The monoisotopic (exact) mass is 219 g/mol. The average Bonchev–Trinajstić information content (AvgIpc) is 2.28. The first-order valence-corrected chi connectivity index (χ1v) is 6.06. The van der Waals surface area contributed by atoms with E-state index in [1.807, 2.05) is 0 Å². The van der Waals surface area contributed by atoms with Crippen LogP contribution in [0, 0.1) is 6.92 Å². The molecule has 1 N–H and O–H groups in total. The summed E-state index contributed by atoms with van der Waals surface area (Å²) < 4.78 is 5.53. The van der Waals surface area contributed by atoms with Crippen molar-refractivity contribution < 1.29 is 4.74 Å². The zero-order chi connectivity index (χ0) is 11.4. The highest BCUT2D eigenvalue weighted by Crippen LogP contribution is 2.19. The predicted molar refractivity (Wildman–Crippen MR) is 66.5 cm³/mol. The quantitative estimate of drug-likeness (QED) is 0.844. The molecule has 1 aromatic rings. The number of ether oxygens (including phenoxy) is 1. The Morgan fingerprint density at radius 3 is 3.00 bits per heavy atom. The normalized spacial score (nSPS) is 25.6. The fourth-order valence-electron chi connectivity index (χ4n) is 2.21. The molecular formula is C14H21NO. The van der Waals surface area contributed by atoms with Gasteiger partial charge in [0.15, 0.2) is 0 Å². The molecule has 0 spiro atoms. The lowest BCUT2D eigenvalue weighted by Gasteiger charge is -2.34. The number of hydrogen-bond donors (Lipinski definition) is 1. The maximum Gasteiger partial charge on any atom is 0.0645 e. The molecule has 1 aliphatic heterocycles. The van der Waals surface area contributed by atoms with Gasteiger partial charge in [-0.3, -0.25) is 0 Å². The lowest BCUT2D eigenvalue weighted by molar-refractivity contribution is 0.0278. The molecule has 1 atom stereocenters. The number of benzene rings is 1. The van der Waals surface area contributed by atoms with Crippen molar-refractivity contribution in [2.75, 3.05) is 13.2 Å². The highest BCUT2D eigenvalue weighted by atomic mass is 16.5. The fraction of sp³-hybridized carbons (Fsp3) is 0.571. The van der Waals surface area contributed by atoms with E-state index in [9.17, 15) is 0 Å². The number of nitrogens with one attached hydrogen (secondary N) is 1. The van der Waals surface area contributed by atoms with Crippen LogP contribution < -0.4 is 5.32 Å². The summed E-state index contributed by atoms with van der Waals surface area (Å²) in [7, 11) is 0. The van der Waals surface area contributed by atoms with E-state index in [-0.39, 0.29) is 5.54 Å². The molecule has 0 saturated carbocycles. The Bertz CT molecular complexity index is 342. The standard InChI is InChI=1S/C14H21NO/c1-12-5-3-6-13(9-12)10-15-14(2)7-4-8-16-11-14/h3,5-6,9,15H,4,7-8,10-11H2,1-2H3. The molecule has 0 aliphatic carbocycles. The minimum absolute atomic E-state index is 0.155. The second-order valence-electron chi connectivity index (χ2n) is 5.06. The van der Waals surface area contributed by atoms with Crippen molar-refractivity contribution >= 4 is 0 Å². The molecule has 0 bridgehead atoms. The minimum atomic E-state index is 0.155. The van der Waals surface area contributed by atoms with Gasteiger partial charge in [-0.05, 0) is 32.3 Å². The molecule has 2 rings (SSSR count). The number of rotatable bonds is 3. The maximum atomic E-state index is 5.53. The smallest absolute Gasteiger partial charge is 0.0645 e. The van der Waals surface area contributed by atoms with Crippen molar-refractivity contribution in [3.05, 3.63) is 35.4 Å². The number of aryl methyl sites for hydroxylation is 1. The third kappa shape index (κ3) is 3.06. The highest BCUT2D eigenvalue weighted by Gasteiger charge is 2.26. The summed E-state index contributed by atoms with van der Waals surface area (Å²) in [5.41, 5.74) is 2.83. The van der Waals surface area contributed by atoms with E-state index in [4.69, 9.17) is 4.74 Å². The van der Waals surface area contributed by atoms with E-state index in [0.29, 0.717) is 0 Å². The molecule has 1 aromatic carbocycles. The van der Waals surface area contributed by atoms with Gasteiger partial charge >= 0.3 is 0 Å². The number of hydrogen-bond acceptors (Lipinski definition) is 2. The van der Waals surface area contributed by atoms with Gasteiger partial charge in [0.2, 0.25) is 0 Å². The van der Waals surface area contributed by atoms with Gasteiger partial charge < -0.3 is 10.1 Å². The van der Waals surface area contributed by atoms with Crippen LogP contribution in [0.2, 0.25) is 0 Å². The van der Waals surface area contributed by atoms with Gasteiger partial charge in [-0.25, -0.2) is 0 Å². The fourth-order valence-corrected chi connectivity index (χ4v) is 2.21. The van der Waals surface area contributed by atoms with Crippen LogP contribution in [0.5, 0.6) is 0 Å². The van der Waals surface area contributed by atoms with Crippen molar-refractivity contribution in [3.63, 3.8) is 0 Å². The van der Waals surface area contributed by atoms with Gasteiger partial charge in [-0.2, -0.15) is 0 Å². The molecule has 1 saturated heterocycles. The maximum absolute atomic E-state index is 5.53. The van der Waals surface area contributed by atoms with Crippen molar-refractivity contribution in [1.29, 1.82) is 0 Å². The van der Waals surface area contributed by atoms with E-state index in [2.05, 4.69) is 43.4 Å². The summed E-state index contributed by atoms with van der Waals surface area (Å²) in [5, 5.41) is 3.62. The third-order valence-corrected chi connectivity index (χ3v) is 3.24. The molecule has 2 nitrogen and oxygen atoms in total. The van der Waals surface area contributed by atoms with E-state index in [1.165, 1.54) is 17.5 Å². The van der Waals surface area contributed by atoms with Crippen LogP contribution in [0.3, 0.4) is 0 Å². The first-order valence-electron chi connectivity index (χ1n) is 6.06. The molecule has 88 valence electrons. The molecule has 2 heteroatoms. The summed E-state index contributed by atoms with van der Waals surface area (Å²) >= 11 is 0. The van der Waals surface area contributed by atoms with Crippen molar-refractivity contribution in [3.8, 4) is 0 Å². The topological polar surface area (TPSA) is 21.3 Å². The van der Waals surface area contributed by atoms with Gasteiger partial charge in [0, 0.05) is 18.7 Å². The Labute approximate surface area is 98.0 Å². The van der Waals surface area contributed by atoms with Crippen molar-refractivity contribution in [2.45, 2.75) is 38.8 Å². The van der Waals surface area contributed by atoms with Crippen molar-refractivity contribution in [2.24, 2.45) is 0 Å². The zero-order valence-electron chi connectivity index (χ0n) is 10.3. The largest absolute Gasteiger partial charge is 0.380 e. The van der Waals surface area contributed by atoms with Gasteiger partial charge in [-0.15, -0.1) is 0 Å². The minimum Gasteiger partial charge on any atom is -0.380 e. The van der Waals surface area contributed by atoms with E-state index >= 15 is 0 Å². The second kappa shape index (κ2) is 4.98. The van der Waals surface area contributed by atoms with Crippen LogP contribution >= 0.6 is 0 Å². The Morgan fingerprint density at radius 2 is 2.31 bits per heavy atom. The van der Waals surface area contributed by atoms with E-state index < -0.39 is 0 Å². The molecule has 0 aromatic heterocycles. The van der Waals surface area contributed by atoms with E-state index in [0.717, 1.165) is 26.2 Å². The average molecular weight is 219 g/mol. The Kier molecular flexibility index (Phi) is 3.62. The van der Waals surface area contributed by atoms with Gasteiger partial charge in [0.25, 0.3) is 0 Å². The summed E-state index contributed by atoms with van der Waals surface area (Å²) in [6.45, 7) is 7.07. The third-order valence-electron chi connectivity index (χ3n) is 3.24. The zero-order valence-corrected chi connectivity index (χ0v) is 10.3. The molecule has 1 aliphatic rings. The molecular weight excluding hydrogens is 198 g/mol. The Morgan fingerprint density at radius 1 is 1.44 bits per heavy atom. The molecule has 0 amide bonds. The van der Waals surface area contributed by atoms with Crippen LogP contribution in [-0.2, 0) is 11.3 Å². The first-order chi connectivity index (χ1) is 7.68. The summed E-state index contributed by atoms with van der Waals surface area (Å²) in [4.78, 5) is 0. The van der Waals surface area contributed by atoms with Gasteiger partial charge in [-0.1, -0.05) is 29.8 Å². The predicted octanol–water partition coefficient (Wildman–Crippen LogP) is 2.65. The summed E-state index contributed by atoms with van der Waals surface area (Å²) in [5.74, 6) is 0. The molecule has 16 heavy (non-hydrogen) atoms.